The Hall–Kier alpha value is -0.440. The van der Waals surface area contributed by atoms with Crippen molar-refractivity contribution in [3.8, 4) is 11.5 Å². The summed E-state index contributed by atoms with van der Waals surface area (Å²) in [5.74, 6) is 2.34. The SMILES string of the molecule is OC1CSCC1c1nc(-c2ncc(Br)cc2Br)no1. The molecule has 0 saturated carbocycles. The van der Waals surface area contributed by atoms with Crippen LogP contribution in [0.25, 0.3) is 11.5 Å². The first-order valence-corrected chi connectivity index (χ1v) is 8.30. The van der Waals surface area contributed by atoms with Gasteiger partial charge in [-0.15, -0.1) is 0 Å². The highest BCUT2D eigenvalue weighted by Gasteiger charge is 2.32. The van der Waals surface area contributed by atoms with Gasteiger partial charge in [-0.25, -0.2) is 0 Å². The average molecular weight is 407 g/mol. The van der Waals surface area contributed by atoms with Crippen LogP contribution < -0.4 is 0 Å². The molecule has 0 spiro atoms. The summed E-state index contributed by atoms with van der Waals surface area (Å²) in [5.41, 5.74) is 0.623. The van der Waals surface area contributed by atoms with Crippen molar-refractivity contribution in [3.05, 3.63) is 27.1 Å². The summed E-state index contributed by atoms with van der Waals surface area (Å²) in [6.45, 7) is 0. The second-order valence-corrected chi connectivity index (χ2v) is 7.00. The summed E-state index contributed by atoms with van der Waals surface area (Å²) in [4.78, 5) is 8.61. The van der Waals surface area contributed by atoms with Crippen LogP contribution in [0.15, 0.2) is 25.7 Å². The molecule has 0 amide bonds. The highest BCUT2D eigenvalue weighted by atomic mass is 79.9. The molecule has 1 fully saturated rings. The number of rotatable bonds is 2. The average Bonchev–Trinajstić information content (AvgIpc) is 2.97. The lowest BCUT2D eigenvalue weighted by Crippen LogP contribution is -2.15. The Morgan fingerprint density at radius 3 is 2.89 bits per heavy atom. The third-order valence-electron chi connectivity index (χ3n) is 2.83. The normalized spacial score (nSPS) is 22.9. The Kier molecular flexibility index (Phi) is 3.93. The van der Waals surface area contributed by atoms with Gasteiger partial charge in [-0.3, -0.25) is 4.98 Å². The molecule has 0 radical (unpaired) electrons. The summed E-state index contributed by atoms with van der Waals surface area (Å²) in [5, 5.41) is 13.8. The van der Waals surface area contributed by atoms with Gasteiger partial charge in [0.25, 0.3) is 0 Å². The lowest BCUT2D eigenvalue weighted by Gasteiger charge is -2.06. The predicted octanol–water partition coefficient (Wildman–Crippen LogP) is 2.85. The number of nitrogens with zero attached hydrogens (tertiary/aromatic N) is 3. The summed E-state index contributed by atoms with van der Waals surface area (Å²) in [7, 11) is 0. The third-order valence-corrected chi connectivity index (χ3v) is 5.04. The van der Waals surface area contributed by atoms with E-state index in [1.54, 1.807) is 18.0 Å². The Labute approximate surface area is 130 Å². The minimum Gasteiger partial charge on any atom is -0.391 e. The summed E-state index contributed by atoms with van der Waals surface area (Å²) in [6, 6.07) is 1.87. The molecule has 2 atom stereocenters. The Bertz CT molecular complexity index is 607. The van der Waals surface area contributed by atoms with Gasteiger partial charge in [0.15, 0.2) is 0 Å². The molecule has 0 aliphatic carbocycles. The summed E-state index contributed by atoms with van der Waals surface area (Å²) >= 11 is 8.45. The van der Waals surface area contributed by atoms with Gasteiger partial charge in [-0.1, -0.05) is 5.16 Å². The Morgan fingerprint density at radius 2 is 2.21 bits per heavy atom. The molecule has 3 heterocycles. The Balaban J connectivity index is 1.92. The molecule has 1 aliphatic rings. The molecule has 2 unspecified atom stereocenters. The van der Waals surface area contributed by atoms with Gasteiger partial charge in [0.05, 0.1) is 12.0 Å². The number of aliphatic hydroxyl groups excluding tert-OH is 1. The maximum absolute atomic E-state index is 9.83. The van der Waals surface area contributed by atoms with Crippen LogP contribution in [0.2, 0.25) is 0 Å². The number of pyridine rings is 1. The Morgan fingerprint density at radius 1 is 1.37 bits per heavy atom. The molecular formula is C11H9Br2N3O2S. The first-order valence-electron chi connectivity index (χ1n) is 5.56. The molecule has 0 bridgehead atoms. The maximum Gasteiger partial charge on any atom is 0.233 e. The van der Waals surface area contributed by atoms with E-state index in [9.17, 15) is 5.11 Å². The molecule has 2 aromatic heterocycles. The zero-order valence-electron chi connectivity index (χ0n) is 9.58. The van der Waals surface area contributed by atoms with Gasteiger partial charge < -0.3 is 9.63 Å². The topological polar surface area (TPSA) is 72.0 Å². The lowest BCUT2D eigenvalue weighted by molar-refractivity contribution is 0.164. The van der Waals surface area contributed by atoms with Crippen molar-refractivity contribution in [1.29, 1.82) is 0 Å². The van der Waals surface area contributed by atoms with Gasteiger partial charge in [0, 0.05) is 26.6 Å². The van der Waals surface area contributed by atoms with Gasteiger partial charge in [-0.05, 0) is 37.9 Å². The molecule has 1 aliphatic heterocycles. The van der Waals surface area contributed by atoms with Crippen molar-refractivity contribution in [3.63, 3.8) is 0 Å². The number of thioether (sulfide) groups is 1. The third kappa shape index (κ3) is 2.72. The van der Waals surface area contributed by atoms with Crippen LogP contribution >= 0.6 is 43.6 Å². The fourth-order valence-corrected chi connectivity index (χ4v) is 4.23. The highest BCUT2D eigenvalue weighted by Crippen LogP contribution is 2.33. The molecule has 100 valence electrons. The highest BCUT2D eigenvalue weighted by molar-refractivity contribution is 9.11. The van der Waals surface area contributed by atoms with E-state index < -0.39 is 6.10 Å². The van der Waals surface area contributed by atoms with Crippen LogP contribution in [0.1, 0.15) is 11.8 Å². The number of halogens is 2. The minimum atomic E-state index is -0.417. The quantitative estimate of drug-likeness (QED) is 0.826. The van der Waals surface area contributed by atoms with Crippen molar-refractivity contribution >= 4 is 43.6 Å². The molecule has 19 heavy (non-hydrogen) atoms. The second-order valence-electron chi connectivity index (χ2n) is 4.15. The van der Waals surface area contributed by atoms with Crippen LogP contribution in [-0.4, -0.2) is 37.8 Å². The van der Waals surface area contributed by atoms with Crippen molar-refractivity contribution in [2.75, 3.05) is 11.5 Å². The number of aliphatic hydroxyl groups is 1. The van der Waals surface area contributed by atoms with Gasteiger partial charge >= 0.3 is 0 Å². The predicted molar refractivity (Wildman–Crippen MR) is 79.0 cm³/mol. The van der Waals surface area contributed by atoms with E-state index in [0.29, 0.717) is 23.2 Å². The van der Waals surface area contributed by atoms with E-state index in [0.717, 1.165) is 14.7 Å². The zero-order chi connectivity index (χ0) is 13.4. The molecule has 1 N–H and O–H groups in total. The van der Waals surface area contributed by atoms with Gasteiger partial charge in [0.2, 0.25) is 11.7 Å². The van der Waals surface area contributed by atoms with E-state index >= 15 is 0 Å². The fourth-order valence-electron chi connectivity index (χ4n) is 1.84. The molecule has 0 aromatic carbocycles. The largest absolute Gasteiger partial charge is 0.391 e. The molecule has 8 heteroatoms. The minimum absolute atomic E-state index is 0.0829. The number of hydrogen-bond acceptors (Lipinski definition) is 6. The zero-order valence-corrected chi connectivity index (χ0v) is 13.6. The fraction of sp³-hybridized carbons (Fsp3) is 0.364. The van der Waals surface area contributed by atoms with Crippen LogP contribution in [0.3, 0.4) is 0 Å². The van der Waals surface area contributed by atoms with Crippen molar-refractivity contribution in [2.45, 2.75) is 12.0 Å². The van der Waals surface area contributed by atoms with E-state index in [1.807, 2.05) is 6.07 Å². The molecule has 1 saturated heterocycles. The first-order chi connectivity index (χ1) is 9.15. The monoisotopic (exact) mass is 405 g/mol. The second kappa shape index (κ2) is 5.51. The standard InChI is InChI=1S/C11H9Br2N3O2S/c12-5-1-7(13)9(14-2-5)10-15-11(18-16-10)6-3-19-4-8(6)17/h1-2,6,8,17H,3-4H2. The van der Waals surface area contributed by atoms with Crippen LogP contribution in [-0.2, 0) is 0 Å². The van der Waals surface area contributed by atoms with Crippen molar-refractivity contribution < 1.29 is 9.63 Å². The first kappa shape index (κ1) is 13.5. The van der Waals surface area contributed by atoms with E-state index in [4.69, 9.17) is 4.52 Å². The van der Waals surface area contributed by atoms with Crippen LogP contribution in [0.5, 0.6) is 0 Å². The number of hydrogen-bond donors (Lipinski definition) is 1. The van der Waals surface area contributed by atoms with Gasteiger partial charge in [-0.2, -0.15) is 16.7 Å². The van der Waals surface area contributed by atoms with Gasteiger partial charge in [0.1, 0.15) is 5.69 Å². The molecule has 5 nitrogen and oxygen atoms in total. The lowest BCUT2D eigenvalue weighted by atomic mass is 10.1. The van der Waals surface area contributed by atoms with Crippen molar-refractivity contribution in [2.24, 2.45) is 0 Å². The molecular weight excluding hydrogens is 398 g/mol. The van der Waals surface area contributed by atoms with E-state index in [2.05, 4.69) is 47.0 Å². The molecule has 2 aromatic rings. The summed E-state index contributed by atoms with van der Waals surface area (Å²) < 4.78 is 6.91. The van der Waals surface area contributed by atoms with Crippen LogP contribution in [0.4, 0.5) is 0 Å². The maximum atomic E-state index is 9.83. The number of aromatic nitrogens is 3. The summed E-state index contributed by atoms with van der Waals surface area (Å²) in [6.07, 6.45) is 1.26. The smallest absolute Gasteiger partial charge is 0.233 e. The van der Waals surface area contributed by atoms with E-state index in [-0.39, 0.29) is 5.92 Å². The van der Waals surface area contributed by atoms with Crippen LogP contribution in [0, 0.1) is 0 Å². The van der Waals surface area contributed by atoms with E-state index in [1.165, 1.54) is 0 Å². The molecule has 3 rings (SSSR count). The van der Waals surface area contributed by atoms with Crippen molar-refractivity contribution in [1.82, 2.24) is 15.1 Å².